The maximum atomic E-state index is 10.4. The highest BCUT2D eigenvalue weighted by Gasteiger charge is 2.11. The van der Waals surface area contributed by atoms with E-state index in [0.29, 0.717) is 0 Å². The number of nitrogens with zero attached hydrogens (tertiary/aromatic N) is 1. The summed E-state index contributed by atoms with van der Waals surface area (Å²) >= 11 is -2.11. The highest BCUT2D eigenvalue weighted by Crippen LogP contribution is 1.94. The molecule has 0 radical (unpaired) electrons. The molecule has 0 aliphatic carbocycles. The number of hydrogen-bond donors (Lipinski definition) is 3. The Hall–Kier alpha value is -0.0100. The minimum atomic E-state index is -2.11. The molecule has 0 rings (SSSR count). The Morgan fingerprint density at radius 1 is 1.64 bits per heavy atom. The summed E-state index contributed by atoms with van der Waals surface area (Å²) in [5.41, 5.74) is 0. The average Bonchev–Trinajstić information content (AvgIpc) is 1.86. The SMILES string of the molecule is CC(O)CN(CCO)S(=O)O. The van der Waals surface area contributed by atoms with Crippen LogP contribution in [0.5, 0.6) is 0 Å². The van der Waals surface area contributed by atoms with Crippen LogP contribution in [0.2, 0.25) is 0 Å². The monoisotopic (exact) mass is 183 g/mol. The second-order valence-electron chi connectivity index (χ2n) is 2.19. The number of aliphatic hydroxyl groups is 2. The highest BCUT2D eigenvalue weighted by atomic mass is 32.2. The van der Waals surface area contributed by atoms with Gasteiger partial charge in [-0.15, -0.1) is 0 Å². The van der Waals surface area contributed by atoms with Gasteiger partial charge in [0.15, 0.2) is 0 Å². The van der Waals surface area contributed by atoms with Crippen LogP contribution in [-0.2, 0) is 11.3 Å². The second kappa shape index (κ2) is 5.62. The molecule has 0 saturated heterocycles. The Bertz CT molecular complexity index is 130. The number of aliphatic hydroxyl groups excluding tert-OH is 2. The van der Waals surface area contributed by atoms with Crippen LogP contribution in [0.3, 0.4) is 0 Å². The lowest BCUT2D eigenvalue weighted by atomic mass is 10.4. The van der Waals surface area contributed by atoms with Crippen molar-refractivity contribution in [3.63, 3.8) is 0 Å². The fourth-order valence-corrected chi connectivity index (χ4v) is 1.22. The molecule has 0 amide bonds. The third-order valence-electron chi connectivity index (χ3n) is 1.04. The quantitative estimate of drug-likeness (QED) is 0.468. The molecule has 0 heterocycles. The van der Waals surface area contributed by atoms with Gasteiger partial charge in [-0.3, -0.25) is 4.55 Å². The summed E-state index contributed by atoms with van der Waals surface area (Å²) in [7, 11) is 0. The van der Waals surface area contributed by atoms with E-state index in [0.717, 1.165) is 4.31 Å². The standard InChI is InChI=1S/C5H13NO4S/c1-5(8)4-6(2-3-7)11(9)10/h5,7-8H,2-4H2,1H3,(H,9,10). The van der Waals surface area contributed by atoms with Gasteiger partial charge in [-0.05, 0) is 6.92 Å². The molecule has 2 atom stereocenters. The fourth-order valence-electron chi connectivity index (χ4n) is 0.639. The van der Waals surface area contributed by atoms with Gasteiger partial charge in [0, 0.05) is 13.1 Å². The van der Waals surface area contributed by atoms with Crippen LogP contribution in [0.15, 0.2) is 0 Å². The molecule has 3 N–H and O–H groups in total. The van der Waals surface area contributed by atoms with Gasteiger partial charge in [0.2, 0.25) is 11.3 Å². The van der Waals surface area contributed by atoms with Gasteiger partial charge in [-0.2, -0.15) is 4.31 Å². The number of rotatable bonds is 5. The molecule has 0 spiro atoms. The third-order valence-corrected chi connectivity index (χ3v) is 1.81. The van der Waals surface area contributed by atoms with Gasteiger partial charge in [-0.25, -0.2) is 4.21 Å². The van der Waals surface area contributed by atoms with Crippen molar-refractivity contribution < 1.29 is 19.0 Å². The van der Waals surface area contributed by atoms with E-state index >= 15 is 0 Å². The predicted octanol–water partition coefficient (Wildman–Crippen LogP) is -1.20. The molecule has 0 aromatic carbocycles. The first-order valence-corrected chi connectivity index (χ1v) is 4.29. The second-order valence-corrected chi connectivity index (χ2v) is 3.17. The highest BCUT2D eigenvalue weighted by molar-refractivity contribution is 7.76. The first-order valence-electron chi connectivity index (χ1n) is 3.22. The van der Waals surface area contributed by atoms with Gasteiger partial charge in [0.05, 0.1) is 12.7 Å². The van der Waals surface area contributed by atoms with Crippen LogP contribution in [0.1, 0.15) is 6.92 Å². The molecule has 0 aliphatic rings. The van der Waals surface area contributed by atoms with Crippen molar-refractivity contribution in [3.8, 4) is 0 Å². The van der Waals surface area contributed by atoms with E-state index in [1.165, 1.54) is 6.92 Å². The van der Waals surface area contributed by atoms with Crippen molar-refractivity contribution in [3.05, 3.63) is 0 Å². The fraction of sp³-hybridized carbons (Fsp3) is 1.00. The minimum absolute atomic E-state index is 0.0870. The van der Waals surface area contributed by atoms with E-state index in [2.05, 4.69) is 0 Å². The largest absolute Gasteiger partial charge is 0.395 e. The van der Waals surface area contributed by atoms with Crippen LogP contribution < -0.4 is 0 Å². The van der Waals surface area contributed by atoms with Gasteiger partial charge >= 0.3 is 0 Å². The summed E-state index contributed by atoms with van der Waals surface area (Å²) in [5, 5.41) is 17.3. The smallest absolute Gasteiger partial charge is 0.234 e. The van der Waals surface area contributed by atoms with Crippen LogP contribution in [0.25, 0.3) is 0 Å². The van der Waals surface area contributed by atoms with Gasteiger partial charge < -0.3 is 10.2 Å². The summed E-state index contributed by atoms with van der Waals surface area (Å²) in [6.45, 7) is 1.49. The molecular formula is C5H13NO4S. The Kier molecular flexibility index (Phi) is 5.61. The van der Waals surface area contributed by atoms with Crippen LogP contribution in [-0.4, -0.2) is 49.1 Å². The van der Waals surface area contributed by atoms with E-state index in [4.69, 9.17) is 14.8 Å². The lowest BCUT2D eigenvalue weighted by molar-refractivity contribution is 0.151. The van der Waals surface area contributed by atoms with Gasteiger partial charge in [0.1, 0.15) is 0 Å². The molecule has 0 aromatic rings. The Labute approximate surface area is 68.1 Å². The third kappa shape index (κ3) is 5.28. The lowest BCUT2D eigenvalue weighted by Gasteiger charge is -2.17. The zero-order valence-corrected chi connectivity index (χ0v) is 7.12. The molecule has 6 heteroatoms. The molecule has 2 unspecified atom stereocenters. The average molecular weight is 183 g/mol. The van der Waals surface area contributed by atoms with E-state index in [1.54, 1.807) is 0 Å². The van der Waals surface area contributed by atoms with E-state index in [9.17, 15) is 4.21 Å². The Morgan fingerprint density at radius 2 is 2.18 bits per heavy atom. The maximum Gasteiger partial charge on any atom is 0.234 e. The normalized spacial score (nSPS) is 16.8. The molecule has 5 nitrogen and oxygen atoms in total. The molecule has 0 aromatic heterocycles. The van der Waals surface area contributed by atoms with Crippen molar-refractivity contribution in [1.82, 2.24) is 4.31 Å². The molecule has 0 saturated carbocycles. The lowest BCUT2D eigenvalue weighted by Crippen LogP contribution is -2.34. The Morgan fingerprint density at radius 3 is 2.45 bits per heavy atom. The van der Waals surface area contributed by atoms with Crippen molar-refractivity contribution >= 4 is 11.3 Å². The zero-order chi connectivity index (χ0) is 8.85. The maximum absolute atomic E-state index is 10.4. The number of hydrogen-bond acceptors (Lipinski definition) is 3. The summed E-state index contributed by atoms with van der Waals surface area (Å²) in [4.78, 5) is 0. The Balaban J connectivity index is 3.79. The van der Waals surface area contributed by atoms with Crippen LogP contribution in [0, 0.1) is 0 Å². The van der Waals surface area contributed by atoms with E-state index in [1.807, 2.05) is 0 Å². The molecule has 68 valence electrons. The predicted molar refractivity (Wildman–Crippen MR) is 41.1 cm³/mol. The van der Waals surface area contributed by atoms with Crippen LogP contribution in [0.4, 0.5) is 0 Å². The van der Waals surface area contributed by atoms with Crippen molar-refractivity contribution in [2.24, 2.45) is 0 Å². The van der Waals surface area contributed by atoms with Crippen LogP contribution >= 0.6 is 0 Å². The van der Waals surface area contributed by atoms with Crippen molar-refractivity contribution in [1.29, 1.82) is 0 Å². The van der Waals surface area contributed by atoms with Gasteiger partial charge in [-0.1, -0.05) is 0 Å². The summed E-state index contributed by atoms with van der Waals surface area (Å²) in [6.07, 6.45) is -0.669. The zero-order valence-electron chi connectivity index (χ0n) is 6.30. The first kappa shape index (κ1) is 11.0. The summed E-state index contributed by atoms with van der Waals surface area (Å²) in [6, 6.07) is 0. The summed E-state index contributed by atoms with van der Waals surface area (Å²) < 4.78 is 20.1. The molecule has 0 fully saturated rings. The minimum Gasteiger partial charge on any atom is -0.395 e. The first-order chi connectivity index (χ1) is 5.07. The molecular weight excluding hydrogens is 170 g/mol. The molecule has 0 aliphatic heterocycles. The molecule has 0 bridgehead atoms. The van der Waals surface area contributed by atoms with Gasteiger partial charge in [0.25, 0.3) is 0 Å². The van der Waals surface area contributed by atoms with Crippen molar-refractivity contribution in [2.75, 3.05) is 19.7 Å². The topological polar surface area (TPSA) is 81.0 Å². The van der Waals surface area contributed by atoms with Crippen molar-refractivity contribution in [2.45, 2.75) is 13.0 Å². The van der Waals surface area contributed by atoms with E-state index < -0.39 is 17.4 Å². The van der Waals surface area contributed by atoms with E-state index in [-0.39, 0.29) is 19.7 Å². The summed E-state index contributed by atoms with van der Waals surface area (Å²) in [5.74, 6) is 0. The molecule has 11 heavy (non-hydrogen) atoms.